The largest absolute Gasteiger partial charge is 0.443 e. The number of ether oxygens (including phenoxy) is 1. The number of hydrogen-bond donors (Lipinski definition) is 1. The molecule has 102 valence electrons. The summed E-state index contributed by atoms with van der Waals surface area (Å²) in [5.41, 5.74) is 5.88. The summed E-state index contributed by atoms with van der Waals surface area (Å²) < 4.78 is 42.6. The Hall–Kier alpha value is -0.660. The van der Waals surface area contributed by atoms with Crippen LogP contribution in [0.2, 0.25) is 0 Å². The van der Waals surface area contributed by atoms with E-state index in [1.165, 1.54) is 6.20 Å². The molecule has 0 aliphatic carbocycles. The second-order valence-corrected chi connectivity index (χ2v) is 5.45. The maximum atomic E-state index is 12.4. The van der Waals surface area contributed by atoms with Crippen LogP contribution in [0, 0.1) is 0 Å². The number of thiazole rings is 1. The minimum atomic E-state index is -4.38. The third-order valence-electron chi connectivity index (χ3n) is 2.96. The molecule has 2 heterocycles. The average Bonchev–Trinajstić information content (AvgIpc) is 2.96. The highest BCUT2D eigenvalue weighted by atomic mass is 32.1. The molecule has 2 rings (SSSR count). The molecule has 18 heavy (non-hydrogen) atoms. The van der Waals surface area contributed by atoms with Gasteiger partial charge in [0.25, 0.3) is 0 Å². The SMILES string of the molecule is NC(CCC1CCCO1)c1cnc(C(F)(F)F)s1. The van der Waals surface area contributed by atoms with Gasteiger partial charge in [0.15, 0.2) is 5.01 Å². The van der Waals surface area contributed by atoms with Crippen LogP contribution in [0.5, 0.6) is 0 Å². The van der Waals surface area contributed by atoms with Gasteiger partial charge in [0.05, 0.1) is 6.10 Å². The highest BCUT2D eigenvalue weighted by Crippen LogP contribution is 2.35. The number of aromatic nitrogens is 1. The van der Waals surface area contributed by atoms with Crippen LogP contribution >= 0.6 is 11.3 Å². The Labute approximate surface area is 107 Å². The highest BCUT2D eigenvalue weighted by molar-refractivity contribution is 7.11. The summed E-state index contributed by atoms with van der Waals surface area (Å²) in [4.78, 5) is 3.86. The van der Waals surface area contributed by atoms with E-state index < -0.39 is 11.2 Å². The van der Waals surface area contributed by atoms with Crippen LogP contribution < -0.4 is 5.73 Å². The molecular weight excluding hydrogens is 265 g/mol. The molecule has 1 aliphatic rings. The van der Waals surface area contributed by atoms with E-state index in [0.717, 1.165) is 25.9 Å². The maximum absolute atomic E-state index is 12.4. The Kier molecular flexibility index (Phi) is 4.24. The molecule has 1 aromatic rings. The molecular formula is C11H15F3N2OS. The molecule has 1 fully saturated rings. The Bertz CT molecular complexity index is 388. The van der Waals surface area contributed by atoms with E-state index in [0.29, 0.717) is 22.6 Å². The van der Waals surface area contributed by atoms with Gasteiger partial charge in [-0.2, -0.15) is 13.2 Å². The molecule has 3 nitrogen and oxygen atoms in total. The molecule has 0 aromatic carbocycles. The van der Waals surface area contributed by atoms with Crippen LogP contribution in [0.3, 0.4) is 0 Å². The normalized spacial score (nSPS) is 22.3. The van der Waals surface area contributed by atoms with Gasteiger partial charge in [-0.1, -0.05) is 0 Å². The first-order chi connectivity index (χ1) is 8.47. The maximum Gasteiger partial charge on any atom is 0.443 e. The van der Waals surface area contributed by atoms with Crippen molar-refractivity contribution in [3.8, 4) is 0 Å². The van der Waals surface area contributed by atoms with Crippen molar-refractivity contribution in [3.05, 3.63) is 16.1 Å². The summed E-state index contributed by atoms with van der Waals surface area (Å²) in [7, 11) is 0. The number of halogens is 3. The lowest BCUT2D eigenvalue weighted by atomic mass is 10.1. The summed E-state index contributed by atoms with van der Waals surface area (Å²) in [6, 6.07) is -0.386. The third-order valence-corrected chi connectivity index (χ3v) is 4.13. The predicted octanol–water partition coefficient (Wildman–Crippen LogP) is 3.12. The zero-order valence-electron chi connectivity index (χ0n) is 9.74. The minimum absolute atomic E-state index is 0.214. The van der Waals surface area contributed by atoms with Crippen molar-refractivity contribution in [2.75, 3.05) is 6.61 Å². The van der Waals surface area contributed by atoms with Crippen LogP contribution in [-0.4, -0.2) is 17.7 Å². The first-order valence-electron chi connectivity index (χ1n) is 5.87. The topological polar surface area (TPSA) is 48.1 Å². The number of rotatable bonds is 4. The van der Waals surface area contributed by atoms with Crippen LogP contribution in [0.1, 0.15) is 41.6 Å². The van der Waals surface area contributed by atoms with Crippen molar-refractivity contribution >= 4 is 11.3 Å². The van der Waals surface area contributed by atoms with Gasteiger partial charge in [-0.3, -0.25) is 0 Å². The van der Waals surface area contributed by atoms with Gasteiger partial charge in [-0.05, 0) is 25.7 Å². The van der Waals surface area contributed by atoms with Gasteiger partial charge in [-0.15, -0.1) is 11.3 Å². The van der Waals surface area contributed by atoms with Crippen molar-refractivity contribution in [2.45, 2.75) is 44.0 Å². The fourth-order valence-corrected chi connectivity index (χ4v) is 2.79. The standard InChI is InChI=1S/C11H15F3N2OS/c12-11(13,14)10-16-6-9(18-10)8(15)4-3-7-2-1-5-17-7/h6-8H,1-5,15H2. The zero-order valence-corrected chi connectivity index (χ0v) is 10.6. The lowest BCUT2D eigenvalue weighted by Gasteiger charge is -2.12. The van der Waals surface area contributed by atoms with E-state index in [1.54, 1.807) is 0 Å². The molecule has 2 atom stereocenters. The van der Waals surface area contributed by atoms with Crippen LogP contribution in [0.25, 0.3) is 0 Å². The molecule has 0 saturated carbocycles. The molecule has 2 unspecified atom stereocenters. The van der Waals surface area contributed by atoms with Crippen LogP contribution in [0.15, 0.2) is 6.20 Å². The van der Waals surface area contributed by atoms with Gasteiger partial charge in [-0.25, -0.2) is 4.98 Å². The van der Waals surface area contributed by atoms with E-state index in [2.05, 4.69) is 4.98 Å². The van der Waals surface area contributed by atoms with Crippen LogP contribution in [-0.2, 0) is 10.9 Å². The second-order valence-electron chi connectivity index (χ2n) is 4.38. The zero-order chi connectivity index (χ0) is 13.2. The molecule has 0 amide bonds. The van der Waals surface area contributed by atoms with E-state index >= 15 is 0 Å². The van der Waals surface area contributed by atoms with E-state index in [4.69, 9.17) is 10.5 Å². The lowest BCUT2D eigenvalue weighted by molar-refractivity contribution is -0.137. The number of hydrogen-bond acceptors (Lipinski definition) is 4. The van der Waals surface area contributed by atoms with Gasteiger partial charge in [0.2, 0.25) is 0 Å². The molecule has 1 aliphatic heterocycles. The van der Waals surface area contributed by atoms with Crippen LogP contribution in [0.4, 0.5) is 13.2 Å². The Morgan fingerprint density at radius 2 is 2.33 bits per heavy atom. The smallest absolute Gasteiger partial charge is 0.378 e. The summed E-state index contributed by atoms with van der Waals surface area (Å²) in [6.45, 7) is 0.776. The number of alkyl halides is 3. The third kappa shape index (κ3) is 3.43. The molecule has 2 N–H and O–H groups in total. The predicted molar refractivity (Wildman–Crippen MR) is 62.3 cm³/mol. The van der Waals surface area contributed by atoms with E-state index in [1.807, 2.05) is 0 Å². The summed E-state index contributed by atoms with van der Waals surface area (Å²) >= 11 is 0.628. The molecule has 0 bridgehead atoms. The Morgan fingerprint density at radius 1 is 1.56 bits per heavy atom. The van der Waals surface area contributed by atoms with Gasteiger partial charge in [0, 0.05) is 23.7 Å². The molecule has 0 spiro atoms. The number of nitrogens with zero attached hydrogens (tertiary/aromatic N) is 1. The van der Waals surface area contributed by atoms with Gasteiger partial charge < -0.3 is 10.5 Å². The fraction of sp³-hybridized carbons (Fsp3) is 0.727. The fourth-order valence-electron chi connectivity index (χ4n) is 1.97. The van der Waals surface area contributed by atoms with E-state index in [9.17, 15) is 13.2 Å². The van der Waals surface area contributed by atoms with Gasteiger partial charge in [0.1, 0.15) is 0 Å². The van der Waals surface area contributed by atoms with Crippen molar-refractivity contribution < 1.29 is 17.9 Å². The van der Waals surface area contributed by atoms with Crippen molar-refractivity contribution in [3.63, 3.8) is 0 Å². The van der Waals surface area contributed by atoms with E-state index in [-0.39, 0.29) is 12.1 Å². The van der Waals surface area contributed by atoms with Crippen molar-refractivity contribution in [2.24, 2.45) is 5.73 Å². The molecule has 1 aromatic heterocycles. The first kappa shape index (κ1) is 13.8. The molecule has 7 heteroatoms. The number of nitrogens with two attached hydrogens (primary N) is 1. The quantitative estimate of drug-likeness (QED) is 0.921. The Balaban J connectivity index is 1.88. The Morgan fingerprint density at radius 3 is 2.89 bits per heavy atom. The average molecular weight is 280 g/mol. The highest BCUT2D eigenvalue weighted by Gasteiger charge is 2.35. The summed E-state index contributed by atoms with van der Waals surface area (Å²) in [5, 5.41) is -0.829. The first-order valence-corrected chi connectivity index (χ1v) is 6.68. The lowest BCUT2D eigenvalue weighted by Crippen LogP contribution is -2.13. The summed E-state index contributed by atoms with van der Waals surface area (Å²) in [6.07, 6.45) is 0.559. The minimum Gasteiger partial charge on any atom is -0.378 e. The molecule has 1 saturated heterocycles. The van der Waals surface area contributed by atoms with Crippen molar-refractivity contribution in [1.82, 2.24) is 4.98 Å². The molecule has 0 radical (unpaired) electrons. The van der Waals surface area contributed by atoms with Gasteiger partial charge >= 0.3 is 6.18 Å². The second kappa shape index (κ2) is 5.54. The monoisotopic (exact) mass is 280 g/mol. The van der Waals surface area contributed by atoms with Crippen molar-refractivity contribution in [1.29, 1.82) is 0 Å². The summed E-state index contributed by atoms with van der Waals surface area (Å²) in [5.74, 6) is 0.